The Labute approximate surface area is 122 Å². The van der Waals surface area contributed by atoms with Crippen molar-refractivity contribution in [3.8, 4) is 5.69 Å². The molecule has 0 bridgehead atoms. The Morgan fingerprint density at radius 3 is 2.75 bits per heavy atom. The number of nitrogens with zero attached hydrogens (tertiary/aromatic N) is 4. The standard InChI is InChI=1S/C15H13ClN4/c1-11-19-18-10-20(11)15-9-17-7-6-13(15)8-12-4-2-3-5-14(12)16/h2-7,9-10H,8H2,1H3. The van der Waals surface area contributed by atoms with Crippen molar-refractivity contribution in [1.29, 1.82) is 0 Å². The van der Waals surface area contributed by atoms with E-state index >= 15 is 0 Å². The van der Waals surface area contributed by atoms with Gasteiger partial charge in [-0.1, -0.05) is 29.8 Å². The molecule has 0 aliphatic rings. The second-order valence-electron chi connectivity index (χ2n) is 4.52. The van der Waals surface area contributed by atoms with Crippen LogP contribution in [0.1, 0.15) is 17.0 Å². The largest absolute Gasteiger partial charge is 0.284 e. The molecule has 0 fully saturated rings. The Bertz CT molecular complexity index is 736. The molecule has 0 spiro atoms. The first-order valence-electron chi connectivity index (χ1n) is 6.29. The Morgan fingerprint density at radius 1 is 1.15 bits per heavy atom. The molecule has 20 heavy (non-hydrogen) atoms. The van der Waals surface area contributed by atoms with Crippen LogP contribution in [-0.2, 0) is 6.42 Å². The fraction of sp³-hybridized carbons (Fsp3) is 0.133. The third-order valence-electron chi connectivity index (χ3n) is 3.20. The quantitative estimate of drug-likeness (QED) is 0.742. The number of benzene rings is 1. The molecule has 0 unspecified atom stereocenters. The van der Waals surface area contributed by atoms with Gasteiger partial charge in [-0.15, -0.1) is 10.2 Å². The number of hydrogen-bond donors (Lipinski definition) is 0. The first kappa shape index (κ1) is 12.8. The van der Waals surface area contributed by atoms with E-state index in [1.807, 2.05) is 48.0 Å². The minimum Gasteiger partial charge on any atom is -0.284 e. The molecule has 2 heterocycles. The smallest absolute Gasteiger partial charge is 0.134 e. The van der Waals surface area contributed by atoms with Gasteiger partial charge in [0.15, 0.2) is 0 Å². The molecule has 0 amide bonds. The number of halogens is 1. The van der Waals surface area contributed by atoms with Crippen LogP contribution in [0.2, 0.25) is 5.02 Å². The lowest BCUT2D eigenvalue weighted by atomic mass is 10.0. The molecule has 3 aromatic rings. The first-order valence-corrected chi connectivity index (χ1v) is 6.67. The number of aromatic nitrogens is 4. The molecular formula is C15H13ClN4. The summed E-state index contributed by atoms with van der Waals surface area (Å²) in [6.07, 6.45) is 6.05. The molecule has 0 aliphatic carbocycles. The van der Waals surface area contributed by atoms with Crippen LogP contribution in [0.3, 0.4) is 0 Å². The Balaban J connectivity index is 2.03. The summed E-state index contributed by atoms with van der Waals surface area (Å²) in [6.45, 7) is 1.92. The molecule has 0 atom stereocenters. The van der Waals surface area contributed by atoms with Crippen LogP contribution in [0.15, 0.2) is 49.1 Å². The molecule has 4 nitrogen and oxygen atoms in total. The van der Waals surface area contributed by atoms with Crippen molar-refractivity contribution >= 4 is 11.6 Å². The molecular weight excluding hydrogens is 272 g/mol. The maximum atomic E-state index is 6.24. The van der Waals surface area contributed by atoms with E-state index in [0.717, 1.165) is 34.1 Å². The molecule has 5 heteroatoms. The van der Waals surface area contributed by atoms with Crippen LogP contribution < -0.4 is 0 Å². The van der Waals surface area contributed by atoms with Gasteiger partial charge in [0.05, 0.1) is 11.9 Å². The lowest BCUT2D eigenvalue weighted by molar-refractivity contribution is 0.940. The van der Waals surface area contributed by atoms with Crippen molar-refractivity contribution in [2.24, 2.45) is 0 Å². The van der Waals surface area contributed by atoms with Gasteiger partial charge in [0.25, 0.3) is 0 Å². The summed E-state index contributed by atoms with van der Waals surface area (Å²) in [7, 11) is 0. The highest BCUT2D eigenvalue weighted by atomic mass is 35.5. The summed E-state index contributed by atoms with van der Waals surface area (Å²) in [4.78, 5) is 4.20. The highest BCUT2D eigenvalue weighted by molar-refractivity contribution is 6.31. The molecule has 0 radical (unpaired) electrons. The van der Waals surface area contributed by atoms with Crippen molar-refractivity contribution in [1.82, 2.24) is 19.7 Å². The van der Waals surface area contributed by atoms with E-state index in [0.29, 0.717) is 0 Å². The van der Waals surface area contributed by atoms with E-state index < -0.39 is 0 Å². The normalized spacial score (nSPS) is 10.7. The number of rotatable bonds is 3. The van der Waals surface area contributed by atoms with Crippen LogP contribution in [-0.4, -0.2) is 19.7 Å². The highest BCUT2D eigenvalue weighted by Gasteiger charge is 2.09. The van der Waals surface area contributed by atoms with Crippen LogP contribution in [0.5, 0.6) is 0 Å². The number of pyridine rings is 1. The summed E-state index contributed by atoms with van der Waals surface area (Å²) >= 11 is 6.24. The Kier molecular flexibility index (Phi) is 3.48. The molecule has 0 N–H and O–H groups in total. The SMILES string of the molecule is Cc1nncn1-c1cnccc1Cc1ccccc1Cl. The second kappa shape index (κ2) is 5.43. The average molecular weight is 285 g/mol. The maximum absolute atomic E-state index is 6.24. The third-order valence-corrected chi connectivity index (χ3v) is 3.57. The van der Waals surface area contributed by atoms with E-state index in [1.165, 1.54) is 0 Å². The van der Waals surface area contributed by atoms with Gasteiger partial charge in [-0.3, -0.25) is 9.55 Å². The minimum atomic E-state index is 0.745. The van der Waals surface area contributed by atoms with Crippen molar-refractivity contribution in [2.75, 3.05) is 0 Å². The van der Waals surface area contributed by atoms with E-state index in [-0.39, 0.29) is 0 Å². The predicted octanol–water partition coefficient (Wildman–Crippen LogP) is 3.21. The Hall–Kier alpha value is -2.20. The molecule has 1 aromatic carbocycles. The van der Waals surface area contributed by atoms with E-state index in [1.54, 1.807) is 12.5 Å². The van der Waals surface area contributed by atoms with Gasteiger partial charge in [-0.2, -0.15) is 0 Å². The summed E-state index contributed by atoms with van der Waals surface area (Å²) in [5.74, 6) is 0.832. The zero-order valence-electron chi connectivity index (χ0n) is 11.0. The predicted molar refractivity (Wildman–Crippen MR) is 78.1 cm³/mol. The van der Waals surface area contributed by atoms with Crippen molar-refractivity contribution < 1.29 is 0 Å². The topological polar surface area (TPSA) is 43.6 Å². The first-order chi connectivity index (χ1) is 9.75. The second-order valence-corrected chi connectivity index (χ2v) is 4.93. The van der Waals surface area contributed by atoms with Crippen LogP contribution in [0, 0.1) is 6.92 Å². The summed E-state index contributed by atoms with van der Waals surface area (Å²) in [5, 5.41) is 8.71. The van der Waals surface area contributed by atoms with Gasteiger partial charge >= 0.3 is 0 Å². The van der Waals surface area contributed by atoms with Crippen LogP contribution in [0.4, 0.5) is 0 Å². The van der Waals surface area contributed by atoms with Gasteiger partial charge in [0, 0.05) is 17.6 Å². The monoisotopic (exact) mass is 284 g/mol. The van der Waals surface area contributed by atoms with Gasteiger partial charge in [0.1, 0.15) is 12.2 Å². The highest BCUT2D eigenvalue weighted by Crippen LogP contribution is 2.22. The van der Waals surface area contributed by atoms with E-state index in [4.69, 9.17) is 11.6 Å². The molecule has 2 aromatic heterocycles. The van der Waals surface area contributed by atoms with Crippen molar-refractivity contribution in [3.63, 3.8) is 0 Å². The Morgan fingerprint density at radius 2 is 2.00 bits per heavy atom. The lowest BCUT2D eigenvalue weighted by Gasteiger charge is -2.11. The van der Waals surface area contributed by atoms with Crippen LogP contribution in [0.25, 0.3) is 5.69 Å². The van der Waals surface area contributed by atoms with Gasteiger partial charge in [0.2, 0.25) is 0 Å². The third kappa shape index (κ3) is 2.42. The number of hydrogen-bond acceptors (Lipinski definition) is 3. The fourth-order valence-electron chi connectivity index (χ4n) is 2.16. The fourth-order valence-corrected chi connectivity index (χ4v) is 2.36. The van der Waals surface area contributed by atoms with E-state index in [2.05, 4.69) is 15.2 Å². The van der Waals surface area contributed by atoms with Crippen molar-refractivity contribution in [2.45, 2.75) is 13.3 Å². The summed E-state index contributed by atoms with van der Waals surface area (Å²) < 4.78 is 1.93. The zero-order valence-corrected chi connectivity index (χ0v) is 11.7. The van der Waals surface area contributed by atoms with E-state index in [9.17, 15) is 0 Å². The maximum Gasteiger partial charge on any atom is 0.134 e. The lowest BCUT2D eigenvalue weighted by Crippen LogP contribution is -2.02. The molecule has 0 saturated heterocycles. The zero-order chi connectivity index (χ0) is 13.9. The minimum absolute atomic E-state index is 0.745. The average Bonchev–Trinajstić information content (AvgIpc) is 2.88. The molecule has 100 valence electrons. The molecule has 0 saturated carbocycles. The molecule has 3 rings (SSSR count). The van der Waals surface area contributed by atoms with Crippen molar-refractivity contribution in [3.05, 3.63) is 71.0 Å². The van der Waals surface area contributed by atoms with Gasteiger partial charge < -0.3 is 0 Å². The number of aryl methyl sites for hydroxylation is 1. The summed E-state index contributed by atoms with van der Waals surface area (Å²) in [6, 6.07) is 9.86. The van der Waals surface area contributed by atoms with Crippen LogP contribution >= 0.6 is 11.6 Å². The molecule has 0 aliphatic heterocycles. The summed E-state index contributed by atoms with van der Waals surface area (Å²) in [5.41, 5.74) is 3.21. The van der Waals surface area contributed by atoms with Gasteiger partial charge in [-0.25, -0.2) is 0 Å². The van der Waals surface area contributed by atoms with Gasteiger partial charge in [-0.05, 0) is 30.2 Å².